The van der Waals surface area contributed by atoms with E-state index in [1.54, 1.807) is 43.5 Å². The van der Waals surface area contributed by atoms with E-state index < -0.39 is 23.9 Å². The minimum Gasteiger partial charge on any atom is -0.497 e. The Kier molecular flexibility index (Phi) is 6.93. The van der Waals surface area contributed by atoms with Gasteiger partial charge < -0.3 is 19.5 Å². The smallest absolute Gasteiger partial charge is 0.337 e. The Balaban J connectivity index is 2.16. The molecule has 1 amide bonds. The van der Waals surface area contributed by atoms with Gasteiger partial charge in [-0.3, -0.25) is 4.79 Å². The van der Waals surface area contributed by atoms with E-state index in [9.17, 15) is 14.4 Å². The average Bonchev–Trinajstić information content (AvgIpc) is 2.72. The maximum atomic E-state index is 12.5. The molecule has 1 atom stereocenters. The molecular weight excluding hydrogens is 350 g/mol. The molecule has 0 fully saturated rings. The van der Waals surface area contributed by atoms with Gasteiger partial charge in [-0.15, -0.1) is 0 Å². The van der Waals surface area contributed by atoms with Crippen molar-refractivity contribution in [2.75, 3.05) is 21.3 Å². The van der Waals surface area contributed by atoms with Crippen LogP contribution in [-0.2, 0) is 20.7 Å². The van der Waals surface area contributed by atoms with E-state index in [0.717, 1.165) is 5.56 Å². The van der Waals surface area contributed by atoms with Crippen molar-refractivity contribution in [3.63, 3.8) is 0 Å². The molecule has 1 N–H and O–H groups in total. The van der Waals surface area contributed by atoms with Gasteiger partial charge in [0.2, 0.25) is 0 Å². The lowest BCUT2D eigenvalue weighted by molar-refractivity contribution is -0.142. The summed E-state index contributed by atoms with van der Waals surface area (Å²) in [5, 5.41) is 2.65. The first kappa shape index (κ1) is 20.0. The van der Waals surface area contributed by atoms with E-state index in [4.69, 9.17) is 9.47 Å². The highest BCUT2D eigenvalue weighted by Crippen LogP contribution is 2.14. The molecule has 2 rings (SSSR count). The normalized spacial score (nSPS) is 11.2. The first-order valence-electron chi connectivity index (χ1n) is 8.18. The molecule has 0 aliphatic rings. The maximum absolute atomic E-state index is 12.5. The molecular formula is C20H21NO6. The van der Waals surface area contributed by atoms with Gasteiger partial charge in [-0.1, -0.05) is 18.2 Å². The number of carbonyl (C=O) groups is 3. The summed E-state index contributed by atoms with van der Waals surface area (Å²) in [5.41, 5.74) is 1.31. The van der Waals surface area contributed by atoms with E-state index in [1.165, 1.54) is 26.4 Å². The number of amides is 1. The van der Waals surface area contributed by atoms with Gasteiger partial charge in [0.1, 0.15) is 11.8 Å². The van der Waals surface area contributed by atoms with Crippen molar-refractivity contribution in [1.82, 2.24) is 5.32 Å². The maximum Gasteiger partial charge on any atom is 0.337 e. The van der Waals surface area contributed by atoms with E-state index in [-0.39, 0.29) is 17.5 Å². The third-order valence-corrected chi connectivity index (χ3v) is 3.94. The van der Waals surface area contributed by atoms with Crippen LogP contribution in [0.3, 0.4) is 0 Å². The van der Waals surface area contributed by atoms with Gasteiger partial charge in [0, 0.05) is 12.0 Å². The molecule has 0 unspecified atom stereocenters. The van der Waals surface area contributed by atoms with Gasteiger partial charge in [-0.25, -0.2) is 9.59 Å². The quantitative estimate of drug-likeness (QED) is 0.749. The van der Waals surface area contributed by atoms with Crippen LogP contribution >= 0.6 is 0 Å². The topological polar surface area (TPSA) is 90.9 Å². The molecule has 7 heteroatoms. The predicted octanol–water partition coefficient (Wildman–Crippen LogP) is 2.00. The summed E-state index contributed by atoms with van der Waals surface area (Å²) in [6.07, 6.45) is 0.249. The summed E-state index contributed by atoms with van der Waals surface area (Å²) in [7, 11) is 4.08. The third kappa shape index (κ3) is 5.31. The van der Waals surface area contributed by atoms with E-state index >= 15 is 0 Å². The molecule has 0 aromatic heterocycles. The highest BCUT2D eigenvalue weighted by molar-refractivity contribution is 5.99. The Morgan fingerprint density at radius 2 is 1.59 bits per heavy atom. The van der Waals surface area contributed by atoms with Crippen LogP contribution in [0, 0.1) is 0 Å². The van der Waals surface area contributed by atoms with Crippen molar-refractivity contribution < 1.29 is 28.6 Å². The Hall–Kier alpha value is -3.35. The fourth-order valence-electron chi connectivity index (χ4n) is 2.48. The van der Waals surface area contributed by atoms with Gasteiger partial charge in [0.15, 0.2) is 0 Å². The molecule has 2 aromatic rings. The molecule has 0 heterocycles. The van der Waals surface area contributed by atoms with Crippen molar-refractivity contribution in [3.05, 3.63) is 65.2 Å². The summed E-state index contributed by atoms with van der Waals surface area (Å²) < 4.78 is 14.5. The molecule has 0 radical (unpaired) electrons. The number of benzene rings is 2. The Morgan fingerprint density at radius 3 is 2.19 bits per heavy atom. The minimum absolute atomic E-state index is 0.238. The van der Waals surface area contributed by atoms with Gasteiger partial charge in [0.05, 0.1) is 26.9 Å². The summed E-state index contributed by atoms with van der Waals surface area (Å²) in [4.78, 5) is 36.3. The van der Waals surface area contributed by atoms with Crippen LogP contribution in [0.25, 0.3) is 0 Å². The monoisotopic (exact) mass is 371 g/mol. The van der Waals surface area contributed by atoms with Crippen molar-refractivity contribution in [1.29, 1.82) is 0 Å². The lowest BCUT2D eigenvalue weighted by atomic mass is 10.0. The molecule has 0 bridgehead atoms. The number of ether oxygens (including phenoxy) is 3. The molecule has 27 heavy (non-hydrogen) atoms. The number of hydrogen-bond acceptors (Lipinski definition) is 6. The largest absolute Gasteiger partial charge is 0.497 e. The zero-order valence-corrected chi connectivity index (χ0v) is 15.4. The predicted molar refractivity (Wildman–Crippen MR) is 97.7 cm³/mol. The molecule has 0 aliphatic carbocycles. The molecule has 0 aliphatic heterocycles. The molecule has 2 aromatic carbocycles. The summed E-state index contributed by atoms with van der Waals surface area (Å²) >= 11 is 0. The summed E-state index contributed by atoms with van der Waals surface area (Å²) in [6, 6.07) is 12.3. The van der Waals surface area contributed by atoms with E-state index in [2.05, 4.69) is 10.1 Å². The third-order valence-electron chi connectivity index (χ3n) is 3.94. The van der Waals surface area contributed by atoms with Gasteiger partial charge in [-0.05, 0) is 35.9 Å². The molecule has 0 saturated heterocycles. The highest BCUT2D eigenvalue weighted by Gasteiger charge is 2.23. The highest BCUT2D eigenvalue weighted by atomic mass is 16.5. The standard InChI is InChI=1S/C20H21NO6/c1-25-16-9-7-13(8-10-16)11-17(20(24)27-3)21-18(22)14-5-4-6-15(12-14)19(23)26-2/h4-10,12,17H,11H2,1-3H3,(H,21,22)/t17-/m0/s1. The van der Waals surface area contributed by atoms with Crippen molar-refractivity contribution >= 4 is 17.8 Å². The molecule has 0 spiro atoms. The summed E-state index contributed by atoms with van der Waals surface area (Å²) in [6.45, 7) is 0. The van der Waals surface area contributed by atoms with Crippen LogP contribution in [0.15, 0.2) is 48.5 Å². The van der Waals surface area contributed by atoms with E-state index in [1.807, 2.05) is 0 Å². The van der Waals surface area contributed by atoms with Gasteiger partial charge >= 0.3 is 11.9 Å². The number of rotatable bonds is 7. The summed E-state index contributed by atoms with van der Waals surface area (Å²) in [5.74, 6) is -0.919. The SMILES string of the molecule is COC(=O)c1cccc(C(=O)N[C@@H](Cc2ccc(OC)cc2)C(=O)OC)c1. The van der Waals surface area contributed by atoms with Crippen LogP contribution in [0.4, 0.5) is 0 Å². The number of methoxy groups -OCH3 is 3. The lowest BCUT2D eigenvalue weighted by Crippen LogP contribution is -2.43. The molecule has 7 nitrogen and oxygen atoms in total. The Labute approximate surface area is 157 Å². The minimum atomic E-state index is -0.877. The second kappa shape index (κ2) is 9.38. The fourth-order valence-corrected chi connectivity index (χ4v) is 2.48. The van der Waals surface area contributed by atoms with Crippen LogP contribution in [0.5, 0.6) is 5.75 Å². The zero-order chi connectivity index (χ0) is 19.8. The van der Waals surface area contributed by atoms with E-state index in [0.29, 0.717) is 5.75 Å². The van der Waals surface area contributed by atoms with Gasteiger partial charge in [-0.2, -0.15) is 0 Å². The first-order chi connectivity index (χ1) is 13.0. The number of nitrogens with one attached hydrogen (secondary N) is 1. The number of carbonyl (C=O) groups excluding carboxylic acids is 3. The van der Waals surface area contributed by atoms with Crippen LogP contribution in [0.1, 0.15) is 26.3 Å². The van der Waals surface area contributed by atoms with Crippen LogP contribution < -0.4 is 10.1 Å². The van der Waals surface area contributed by atoms with Crippen LogP contribution in [-0.4, -0.2) is 45.2 Å². The second-order valence-corrected chi connectivity index (χ2v) is 5.67. The average molecular weight is 371 g/mol. The number of hydrogen-bond donors (Lipinski definition) is 1. The zero-order valence-electron chi connectivity index (χ0n) is 15.4. The molecule has 0 saturated carbocycles. The van der Waals surface area contributed by atoms with Crippen LogP contribution in [0.2, 0.25) is 0 Å². The Morgan fingerprint density at radius 1 is 0.926 bits per heavy atom. The lowest BCUT2D eigenvalue weighted by Gasteiger charge is -2.17. The van der Waals surface area contributed by atoms with Crippen molar-refractivity contribution in [2.24, 2.45) is 0 Å². The molecule has 142 valence electrons. The van der Waals surface area contributed by atoms with Crippen molar-refractivity contribution in [3.8, 4) is 5.75 Å². The fraction of sp³-hybridized carbons (Fsp3) is 0.250. The Bertz CT molecular complexity index is 815. The second-order valence-electron chi connectivity index (χ2n) is 5.67. The van der Waals surface area contributed by atoms with Gasteiger partial charge in [0.25, 0.3) is 5.91 Å². The number of esters is 2. The first-order valence-corrected chi connectivity index (χ1v) is 8.18. The van der Waals surface area contributed by atoms with Crippen molar-refractivity contribution in [2.45, 2.75) is 12.5 Å².